The zero-order chi connectivity index (χ0) is 15.7. The molecule has 0 aliphatic rings. The maximum absolute atomic E-state index is 11.0. The van der Waals surface area contributed by atoms with Gasteiger partial charge in [-0.2, -0.15) is 10.5 Å². The topological polar surface area (TPSA) is 73.9 Å². The average Bonchev–Trinajstić information content (AvgIpc) is 2.53. The van der Waals surface area contributed by atoms with Gasteiger partial charge >= 0.3 is 5.97 Å². The van der Waals surface area contributed by atoms with Crippen LogP contribution in [0.2, 0.25) is 0 Å². The predicted octanol–water partition coefficient (Wildman–Crippen LogP) is 2.94. The summed E-state index contributed by atoms with van der Waals surface area (Å²) in [5.41, 5.74) is 0.240. The van der Waals surface area contributed by atoms with Gasteiger partial charge in [0.25, 0.3) is 0 Å². The highest BCUT2D eigenvalue weighted by atomic mass is 16.5. The average molecular weight is 280 g/mol. The van der Waals surface area contributed by atoms with Crippen LogP contribution in [0.5, 0.6) is 0 Å². The van der Waals surface area contributed by atoms with Gasteiger partial charge in [-0.05, 0) is 18.1 Å². The van der Waals surface area contributed by atoms with Crippen molar-refractivity contribution in [2.45, 2.75) is 13.3 Å². The van der Waals surface area contributed by atoms with E-state index in [1.165, 1.54) is 19.3 Å². The number of hydrogen-bond acceptors (Lipinski definition) is 4. The Morgan fingerprint density at radius 1 is 1.29 bits per heavy atom. The minimum atomic E-state index is -1.25. The minimum Gasteiger partial charge on any atom is -0.466 e. The molecule has 0 radical (unpaired) electrons. The number of hydrogen-bond donors (Lipinski definition) is 0. The lowest BCUT2D eigenvalue weighted by molar-refractivity contribution is -0.134. The van der Waals surface area contributed by atoms with E-state index in [4.69, 9.17) is 0 Å². The van der Waals surface area contributed by atoms with Crippen molar-refractivity contribution in [2.24, 2.45) is 5.41 Å². The van der Waals surface area contributed by atoms with Crippen LogP contribution in [-0.4, -0.2) is 13.1 Å². The van der Waals surface area contributed by atoms with Gasteiger partial charge in [-0.25, -0.2) is 4.79 Å². The highest BCUT2D eigenvalue weighted by Gasteiger charge is 2.32. The van der Waals surface area contributed by atoms with Gasteiger partial charge in [0.2, 0.25) is 0 Å². The molecule has 0 aliphatic heterocycles. The molecule has 21 heavy (non-hydrogen) atoms. The van der Waals surface area contributed by atoms with Crippen molar-refractivity contribution in [1.29, 1.82) is 10.5 Å². The molecule has 1 rings (SSSR count). The molecule has 0 aliphatic carbocycles. The summed E-state index contributed by atoms with van der Waals surface area (Å²) in [6, 6.07) is 13.5. The van der Waals surface area contributed by atoms with Crippen LogP contribution < -0.4 is 0 Å². The van der Waals surface area contributed by atoms with Gasteiger partial charge < -0.3 is 4.74 Å². The largest absolute Gasteiger partial charge is 0.466 e. The van der Waals surface area contributed by atoms with E-state index in [0.717, 1.165) is 5.56 Å². The molecule has 1 aromatic rings. The monoisotopic (exact) mass is 280 g/mol. The fraction of sp³-hybridized carbons (Fsp3) is 0.235. The molecule has 0 saturated carbocycles. The Balaban J connectivity index is 3.03. The lowest BCUT2D eigenvalue weighted by Crippen LogP contribution is -2.21. The first-order valence-electron chi connectivity index (χ1n) is 6.38. The predicted molar refractivity (Wildman–Crippen MR) is 78.7 cm³/mol. The molecular weight excluding hydrogens is 264 g/mol. The quantitative estimate of drug-likeness (QED) is 0.472. The van der Waals surface area contributed by atoms with Crippen LogP contribution in [0.1, 0.15) is 12.5 Å². The maximum atomic E-state index is 11.0. The summed E-state index contributed by atoms with van der Waals surface area (Å²) < 4.78 is 4.48. The zero-order valence-electron chi connectivity index (χ0n) is 12.0. The molecule has 4 nitrogen and oxygen atoms in total. The SMILES string of the molecule is COC(=O)/C=C\C=C(/C)C(C#N)(C#N)Cc1ccccc1. The zero-order valence-corrected chi connectivity index (χ0v) is 12.0. The number of rotatable bonds is 5. The Morgan fingerprint density at radius 3 is 2.43 bits per heavy atom. The molecule has 0 unspecified atom stereocenters. The fourth-order valence-electron chi connectivity index (χ4n) is 1.80. The Labute approximate surface area is 124 Å². The van der Waals surface area contributed by atoms with E-state index in [0.29, 0.717) is 12.0 Å². The van der Waals surface area contributed by atoms with Crippen molar-refractivity contribution in [3.8, 4) is 12.1 Å². The summed E-state index contributed by atoms with van der Waals surface area (Å²) in [6.45, 7) is 1.71. The summed E-state index contributed by atoms with van der Waals surface area (Å²) in [5, 5.41) is 18.9. The van der Waals surface area contributed by atoms with E-state index >= 15 is 0 Å². The number of methoxy groups -OCH3 is 1. The number of nitriles is 2. The third kappa shape index (κ3) is 4.33. The van der Waals surface area contributed by atoms with Crippen LogP contribution in [-0.2, 0) is 16.0 Å². The van der Waals surface area contributed by atoms with Crippen LogP contribution in [0.15, 0.2) is 54.1 Å². The standard InChI is InChI=1S/C17H16N2O2/c1-14(7-6-10-16(20)21-2)17(12-18,13-19)11-15-8-4-3-5-9-15/h3-10H,11H2,1-2H3/b10-6-,14-7+. The number of ether oxygens (including phenoxy) is 1. The number of esters is 1. The van der Waals surface area contributed by atoms with Crippen molar-refractivity contribution in [1.82, 2.24) is 0 Å². The summed E-state index contributed by atoms with van der Waals surface area (Å²) in [6.07, 6.45) is 4.61. The van der Waals surface area contributed by atoms with Crippen LogP contribution in [0.3, 0.4) is 0 Å². The molecular formula is C17H16N2O2. The van der Waals surface area contributed by atoms with Gasteiger partial charge in [-0.15, -0.1) is 0 Å². The highest BCUT2D eigenvalue weighted by molar-refractivity contribution is 5.82. The van der Waals surface area contributed by atoms with E-state index in [2.05, 4.69) is 16.9 Å². The third-order valence-corrected chi connectivity index (χ3v) is 3.15. The Bertz CT molecular complexity index is 617. The van der Waals surface area contributed by atoms with Crippen molar-refractivity contribution < 1.29 is 9.53 Å². The number of carbonyl (C=O) groups excluding carboxylic acids is 1. The van der Waals surface area contributed by atoms with Crippen LogP contribution in [0.4, 0.5) is 0 Å². The van der Waals surface area contributed by atoms with Gasteiger partial charge in [-0.3, -0.25) is 0 Å². The molecule has 0 fully saturated rings. The van der Waals surface area contributed by atoms with E-state index in [9.17, 15) is 15.3 Å². The molecule has 4 heteroatoms. The summed E-state index contributed by atoms with van der Waals surface area (Å²) in [5.74, 6) is -0.485. The second-order valence-electron chi connectivity index (χ2n) is 4.52. The molecule has 0 N–H and O–H groups in total. The summed E-state index contributed by atoms with van der Waals surface area (Å²) in [7, 11) is 1.29. The summed E-state index contributed by atoms with van der Waals surface area (Å²) >= 11 is 0. The van der Waals surface area contributed by atoms with Gasteiger partial charge in [0.15, 0.2) is 5.41 Å². The number of carbonyl (C=O) groups is 1. The van der Waals surface area contributed by atoms with Crippen molar-refractivity contribution in [2.75, 3.05) is 7.11 Å². The second-order valence-corrected chi connectivity index (χ2v) is 4.52. The number of benzene rings is 1. The normalized spacial score (nSPS) is 11.7. The maximum Gasteiger partial charge on any atom is 0.330 e. The Hall–Kier alpha value is -2.85. The first-order valence-corrected chi connectivity index (χ1v) is 6.38. The first kappa shape index (κ1) is 16.2. The van der Waals surface area contributed by atoms with E-state index in [1.807, 2.05) is 30.3 Å². The smallest absolute Gasteiger partial charge is 0.330 e. The molecule has 106 valence electrons. The minimum absolute atomic E-state index is 0.301. The molecule has 0 atom stereocenters. The van der Waals surface area contributed by atoms with Crippen LogP contribution in [0, 0.1) is 28.1 Å². The number of allylic oxidation sites excluding steroid dienone is 3. The number of nitrogens with zero attached hydrogens (tertiary/aromatic N) is 2. The van der Waals surface area contributed by atoms with E-state index in [1.54, 1.807) is 13.0 Å². The van der Waals surface area contributed by atoms with Crippen LogP contribution in [0.25, 0.3) is 0 Å². The second kappa shape index (κ2) is 7.67. The fourth-order valence-corrected chi connectivity index (χ4v) is 1.80. The molecule has 1 aromatic carbocycles. The van der Waals surface area contributed by atoms with Gasteiger partial charge in [0.1, 0.15) is 0 Å². The summed E-state index contributed by atoms with van der Waals surface area (Å²) in [4.78, 5) is 11.0. The van der Waals surface area contributed by atoms with E-state index < -0.39 is 11.4 Å². The van der Waals surface area contributed by atoms with E-state index in [-0.39, 0.29) is 0 Å². The molecule has 0 spiro atoms. The molecule has 0 saturated heterocycles. The van der Waals surface area contributed by atoms with Crippen LogP contribution >= 0.6 is 0 Å². The van der Waals surface area contributed by atoms with Gasteiger partial charge in [-0.1, -0.05) is 42.5 Å². The molecule has 0 heterocycles. The Kier molecular flexibility index (Phi) is 5.92. The lowest BCUT2D eigenvalue weighted by Gasteiger charge is -2.19. The Morgan fingerprint density at radius 2 is 1.90 bits per heavy atom. The first-order chi connectivity index (χ1) is 10.1. The molecule has 0 aromatic heterocycles. The lowest BCUT2D eigenvalue weighted by atomic mass is 9.78. The highest BCUT2D eigenvalue weighted by Crippen LogP contribution is 2.30. The third-order valence-electron chi connectivity index (χ3n) is 3.15. The molecule has 0 bridgehead atoms. The molecule has 0 amide bonds. The van der Waals surface area contributed by atoms with Crippen molar-refractivity contribution >= 4 is 5.97 Å². The van der Waals surface area contributed by atoms with Gasteiger partial charge in [0.05, 0.1) is 19.2 Å². The van der Waals surface area contributed by atoms with Crippen molar-refractivity contribution in [3.05, 3.63) is 59.7 Å². The van der Waals surface area contributed by atoms with Crippen molar-refractivity contribution in [3.63, 3.8) is 0 Å². The van der Waals surface area contributed by atoms with Gasteiger partial charge in [0, 0.05) is 12.5 Å².